The van der Waals surface area contributed by atoms with E-state index in [2.05, 4.69) is 22.2 Å². The number of nitrogens with one attached hydrogen (secondary N) is 1. The third-order valence-corrected chi connectivity index (χ3v) is 8.24. The molecule has 3 aromatic rings. The number of aromatic nitrogens is 2. The molecule has 1 fully saturated rings. The van der Waals surface area contributed by atoms with E-state index >= 15 is 0 Å². The number of benzene rings is 1. The minimum absolute atomic E-state index is 0.173. The van der Waals surface area contributed by atoms with Crippen LogP contribution in [0.4, 0.5) is 5.69 Å². The van der Waals surface area contributed by atoms with E-state index in [-0.39, 0.29) is 10.9 Å². The molecule has 1 saturated heterocycles. The number of piperidine rings is 1. The molecular weight excluding hydrogens is 568 g/mol. The second-order valence-corrected chi connectivity index (χ2v) is 11.5. The molecule has 1 aliphatic heterocycles. The first-order valence-corrected chi connectivity index (χ1v) is 13.9. The fourth-order valence-electron chi connectivity index (χ4n) is 4.10. The van der Waals surface area contributed by atoms with E-state index in [0.717, 1.165) is 31.5 Å². The maximum atomic E-state index is 13.4. The fraction of sp³-hybridized carbons (Fsp3) is 0.400. The molecule has 0 saturated carbocycles. The first kappa shape index (κ1) is 31.1. The number of rotatable bonds is 8. The second kappa shape index (κ2) is 12.8. The van der Waals surface area contributed by atoms with Crippen LogP contribution in [-0.2, 0) is 19.6 Å². The molecule has 3 heterocycles. The Bertz CT molecular complexity index is 1470. The summed E-state index contributed by atoms with van der Waals surface area (Å²) in [6, 6.07) is 6.89. The van der Waals surface area contributed by atoms with E-state index in [0.29, 0.717) is 27.5 Å². The Kier molecular flexibility index (Phi) is 9.97. The Balaban J connectivity index is 0.000000378. The minimum Gasteiger partial charge on any atom is -0.495 e. The summed E-state index contributed by atoms with van der Waals surface area (Å²) in [5.41, 5.74) is 1.83. The maximum Gasteiger partial charge on any atom is 0.335 e. The number of fused-ring (bicyclic) bond motifs is 1. The van der Waals surface area contributed by atoms with Crippen molar-refractivity contribution in [2.75, 3.05) is 32.6 Å². The van der Waals surface area contributed by atoms with Gasteiger partial charge in [-0.3, -0.25) is 0 Å². The molecule has 1 aliphatic rings. The molecule has 0 unspecified atom stereocenters. The number of hydrogen-bond donors (Lipinski definition) is 5. The first-order chi connectivity index (χ1) is 18.8. The van der Waals surface area contributed by atoms with E-state index < -0.39 is 34.2 Å². The maximum absolute atomic E-state index is 13.4. The van der Waals surface area contributed by atoms with Crippen LogP contribution in [0.25, 0.3) is 11.0 Å². The number of anilines is 1. The van der Waals surface area contributed by atoms with Crippen molar-refractivity contribution in [3.8, 4) is 5.75 Å². The molecule has 0 amide bonds. The molecule has 0 bridgehead atoms. The van der Waals surface area contributed by atoms with Gasteiger partial charge in [-0.25, -0.2) is 27.0 Å². The summed E-state index contributed by atoms with van der Waals surface area (Å²) in [6.07, 6.45) is 0.481. The van der Waals surface area contributed by atoms with Gasteiger partial charge in [-0.05, 0) is 69.7 Å². The zero-order valence-corrected chi connectivity index (χ0v) is 23.6. The monoisotopic (exact) mass is 598 g/mol. The van der Waals surface area contributed by atoms with E-state index in [4.69, 9.17) is 36.8 Å². The predicted octanol–water partition coefficient (Wildman–Crippen LogP) is 1.63. The second-order valence-electron chi connectivity index (χ2n) is 9.29. The van der Waals surface area contributed by atoms with E-state index in [1.54, 1.807) is 37.6 Å². The van der Waals surface area contributed by atoms with Crippen LogP contribution >= 0.6 is 11.6 Å². The number of aryl methyl sites for hydroxylation is 1. The van der Waals surface area contributed by atoms with Crippen molar-refractivity contribution in [1.29, 1.82) is 0 Å². The molecule has 13 nitrogen and oxygen atoms in total. The SMILES string of the molecule is COc1ccc(S(=O)(=O)n2cc(C)c3cc(Cl)cnc32)cc1NC1CCN(C)CC1.O=C(O)[C@H](O)[C@@H](O)C(=O)O. The highest BCUT2D eigenvalue weighted by Gasteiger charge is 2.29. The molecule has 15 heteroatoms. The molecule has 5 N–H and O–H groups in total. The number of halogens is 1. The molecule has 40 heavy (non-hydrogen) atoms. The average Bonchev–Trinajstić information content (AvgIpc) is 3.25. The number of nitrogens with zero attached hydrogens (tertiary/aromatic N) is 3. The fourth-order valence-corrected chi connectivity index (χ4v) is 5.67. The zero-order valence-electron chi connectivity index (χ0n) is 22.0. The van der Waals surface area contributed by atoms with Crippen LogP contribution in [0.5, 0.6) is 5.75 Å². The van der Waals surface area contributed by atoms with Crippen molar-refractivity contribution in [2.45, 2.75) is 42.9 Å². The lowest BCUT2D eigenvalue weighted by molar-refractivity contribution is -0.165. The summed E-state index contributed by atoms with van der Waals surface area (Å²) in [6.45, 7) is 3.84. The van der Waals surface area contributed by atoms with E-state index in [1.807, 2.05) is 6.92 Å². The number of aliphatic hydroxyl groups is 2. The standard InChI is InChI=1S/C21H25ClN4O3S.C4H6O6/c1-14-13-26(21-18(14)10-15(22)12-23-21)30(27,28)17-4-5-20(29-3)19(11-17)24-16-6-8-25(2)9-7-16;5-1(3(7)8)2(6)4(9)10/h4-5,10-13,16,24H,6-9H2,1-3H3;1-2,5-6H,(H,7,8)(H,9,10)/t;1-,2-/m.1/s1. The zero-order chi connectivity index (χ0) is 29.8. The average molecular weight is 599 g/mol. The van der Waals surface area contributed by atoms with Gasteiger partial charge in [0.25, 0.3) is 10.0 Å². The van der Waals surface area contributed by atoms with Crippen molar-refractivity contribution in [3.63, 3.8) is 0 Å². The van der Waals surface area contributed by atoms with Gasteiger partial charge in [0.05, 0.1) is 22.7 Å². The lowest BCUT2D eigenvalue weighted by Crippen LogP contribution is -2.39. The van der Waals surface area contributed by atoms with Gasteiger partial charge >= 0.3 is 11.9 Å². The lowest BCUT2D eigenvalue weighted by Gasteiger charge is -2.30. The predicted molar refractivity (Wildman–Crippen MR) is 146 cm³/mol. The van der Waals surface area contributed by atoms with Crippen LogP contribution in [-0.4, -0.2) is 100 Å². The van der Waals surface area contributed by atoms with Crippen molar-refractivity contribution in [3.05, 3.63) is 47.2 Å². The Hall–Kier alpha value is -3.43. The van der Waals surface area contributed by atoms with E-state index in [9.17, 15) is 18.0 Å². The summed E-state index contributed by atoms with van der Waals surface area (Å²) in [5, 5.41) is 37.2. The van der Waals surface area contributed by atoms with Gasteiger partial charge in [0.15, 0.2) is 17.9 Å². The van der Waals surface area contributed by atoms with Crippen LogP contribution in [0.1, 0.15) is 18.4 Å². The number of aliphatic hydroxyl groups excluding tert-OH is 2. The number of likely N-dealkylation sites (tertiary alicyclic amines) is 1. The highest BCUT2D eigenvalue weighted by Crippen LogP contribution is 2.32. The summed E-state index contributed by atoms with van der Waals surface area (Å²) >= 11 is 6.04. The van der Waals surface area contributed by atoms with Crippen molar-refractivity contribution in [2.24, 2.45) is 0 Å². The Labute approximate surface area is 235 Å². The topological polar surface area (TPSA) is 192 Å². The number of ether oxygens (including phenoxy) is 1. The van der Waals surface area contributed by atoms with Crippen LogP contribution in [0.15, 0.2) is 41.6 Å². The van der Waals surface area contributed by atoms with Crippen molar-refractivity contribution in [1.82, 2.24) is 13.9 Å². The van der Waals surface area contributed by atoms with Gasteiger partial charge in [0.2, 0.25) is 0 Å². The highest BCUT2D eigenvalue weighted by atomic mass is 35.5. The largest absolute Gasteiger partial charge is 0.495 e. The Morgan fingerprint density at radius 2 is 1.73 bits per heavy atom. The first-order valence-electron chi connectivity index (χ1n) is 12.1. The van der Waals surface area contributed by atoms with Crippen LogP contribution < -0.4 is 10.1 Å². The summed E-state index contributed by atoms with van der Waals surface area (Å²) in [4.78, 5) is 26.3. The highest BCUT2D eigenvalue weighted by molar-refractivity contribution is 7.90. The lowest BCUT2D eigenvalue weighted by atomic mass is 10.1. The van der Waals surface area contributed by atoms with Gasteiger partial charge in [-0.2, -0.15) is 0 Å². The third-order valence-electron chi connectivity index (χ3n) is 6.39. The molecule has 218 valence electrons. The van der Waals surface area contributed by atoms with Gasteiger partial charge < -0.3 is 35.4 Å². The summed E-state index contributed by atoms with van der Waals surface area (Å²) in [7, 11) is -0.158. The Morgan fingerprint density at radius 3 is 2.27 bits per heavy atom. The number of carboxylic acids is 2. The molecule has 0 spiro atoms. The van der Waals surface area contributed by atoms with Crippen LogP contribution in [0, 0.1) is 6.92 Å². The van der Waals surface area contributed by atoms with Gasteiger partial charge in [0, 0.05) is 23.8 Å². The molecule has 2 atom stereocenters. The molecular formula is C25H31ClN4O9S. The van der Waals surface area contributed by atoms with Crippen molar-refractivity contribution < 1.29 is 43.2 Å². The number of carboxylic acid groups (broad SMARTS) is 2. The number of carbonyl (C=O) groups is 2. The smallest absolute Gasteiger partial charge is 0.335 e. The number of pyridine rings is 1. The van der Waals surface area contributed by atoms with Gasteiger partial charge in [0.1, 0.15) is 5.75 Å². The Morgan fingerprint density at radius 1 is 1.12 bits per heavy atom. The van der Waals surface area contributed by atoms with Gasteiger partial charge in [-0.1, -0.05) is 11.6 Å². The molecule has 2 aromatic heterocycles. The van der Waals surface area contributed by atoms with Crippen LogP contribution in [0.2, 0.25) is 5.02 Å². The third kappa shape index (κ3) is 7.01. The number of aliphatic carboxylic acids is 2. The number of methoxy groups -OCH3 is 1. The quantitative estimate of drug-likeness (QED) is 0.252. The molecule has 4 rings (SSSR count). The van der Waals surface area contributed by atoms with E-state index in [1.165, 1.54) is 10.2 Å². The van der Waals surface area contributed by atoms with Crippen molar-refractivity contribution >= 4 is 50.3 Å². The van der Waals surface area contributed by atoms with Crippen LogP contribution in [0.3, 0.4) is 0 Å². The summed E-state index contributed by atoms with van der Waals surface area (Å²) < 4.78 is 33.6. The van der Waals surface area contributed by atoms with Gasteiger partial charge in [-0.15, -0.1) is 0 Å². The molecule has 1 aromatic carbocycles. The molecule has 0 radical (unpaired) electrons. The normalized spacial score (nSPS) is 16.1. The summed E-state index contributed by atoms with van der Waals surface area (Å²) in [5.74, 6) is -2.92. The minimum atomic E-state index is -3.85. The molecule has 0 aliphatic carbocycles. The number of hydrogen-bond acceptors (Lipinski definition) is 10.